The van der Waals surface area contributed by atoms with Crippen LogP contribution >= 0.6 is 35.8 Å². The first-order chi connectivity index (χ1) is 16.7. The first kappa shape index (κ1) is 25.7. The number of likely N-dealkylation sites (N-methyl/N-ethyl adjacent to an activating group) is 1. The van der Waals surface area contributed by atoms with Gasteiger partial charge in [0.15, 0.2) is 11.8 Å². The number of nitrogens with one attached hydrogen (secondary N) is 1. The Morgan fingerprint density at radius 3 is 2.63 bits per heavy atom. The third-order valence-corrected chi connectivity index (χ3v) is 7.32. The van der Waals surface area contributed by atoms with Crippen molar-refractivity contribution >= 4 is 58.9 Å². The smallest absolute Gasteiger partial charge is 0.261 e. The molecular formula is C26H26Cl2N4O2S. The van der Waals surface area contributed by atoms with Gasteiger partial charge in [-0.3, -0.25) is 24.8 Å². The van der Waals surface area contributed by atoms with Crippen LogP contribution in [-0.2, 0) is 9.59 Å². The highest BCUT2D eigenvalue weighted by molar-refractivity contribution is 7.80. The quantitative estimate of drug-likeness (QED) is 0.389. The lowest BCUT2D eigenvalue weighted by atomic mass is 9.88. The van der Waals surface area contributed by atoms with Crippen molar-refractivity contribution < 1.29 is 9.59 Å². The first-order valence-corrected chi connectivity index (χ1v) is 12.5. The zero-order valence-electron chi connectivity index (χ0n) is 19.3. The molecule has 1 heterocycles. The van der Waals surface area contributed by atoms with Gasteiger partial charge in [-0.05, 0) is 43.8 Å². The van der Waals surface area contributed by atoms with E-state index in [0.29, 0.717) is 33.4 Å². The molecule has 0 fully saturated rings. The molecule has 0 saturated carbocycles. The maximum atomic E-state index is 14.3. The van der Waals surface area contributed by atoms with Crippen molar-refractivity contribution in [3.8, 4) is 0 Å². The summed E-state index contributed by atoms with van der Waals surface area (Å²) < 4.78 is 0. The number of aliphatic imine (C=N–C) groups is 1. The van der Waals surface area contributed by atoms with Gasteiger partial charge < -0.3 is 5.73 Å². The summed E-state index contributed by atoms with van der Waals surface area (Å²) in [5.41, 5.74) is 8.30. The molecule has 0 bridgehead atoms. The molecule has 35 heavy (non-hydrogen) atoms. The number of nitrogens with zero attached hydrogens (tertiary/aromatic N) is 2. The molecule has 1 aliphatic carbocycles. The standard InChI is InChI=1S/C26H26Cl2N4O2S/c1-15-8-9-18(28)13-26(15,30-2)32-21-11-10-17(27)12-19(21)22(16-6-4-3-5-7-16)31-23(25(32)34)24(33)20(29)14-35/h3-12,20,23,30,35H,13-14,29H2,1-2H3. The number of carbonyl (C=O) groups is 2. The maximum Gasteiger partial charge on any atom is 0.261 e. The zero-order chi connectivity index (χ0) is 25.3. The third kappa shape index (κ3) is 4.59. The fourth-order valence-corrected chi connectivity index (χ4v) is 5.14. The fraction of sp³-hybridized carbons (Fsp3) is 0.269. The first-order valence-electron chi connectivity index (χ1n) is 11.1. The van der Waals surface area contributed by atoms with Crippen LogP contribution in [0.1, 0.15) is 24.5 Å². The number of anilines is 1. The van der Waals surface area contributed by atoms with Crippen LogP contribution in [0.5, 0.6) is 0 Å². The summed E-state index contributed by atoms with van der Waals surface area (Å²) in [6.45, 7) is 1.92. The molecular weight excluding hydrogens is 503 g/mol. The molecule has 3 unspecified atom stereocenters. The minimum atomic E-state index is -1.37. The van der Waals surface area contributed by atoms with Gasteiger partial charge in [0.2, 0.25) is 0 Å². The lowest BCUT2D eigenvalue weighted by Gasteiger charge is -2.46. The molecule has 3 N–H and O–H groups in total. The number of allylic oxidation sites excluding steroid dienone is 2. The van der Waals surface area contributed by atoms with E-state index in [9.17, 15) is 9.59 Å². The van der Waals surface area contributed by atoms with Gasteiger partial charge in [0.25, 0.3) is 5.91 Å². The number of carbonyl (C=O) groups excluding carboxylic acids is 2. The van der Waals surface area contributed by atoms with Gasteiger partial charge in [0.1, 0.15) is 5.66 Å². The number of Topliss-reactive ketones (excluding diaryl/α,β-unsaturated/α-hetero) is 1. The molecule has 3 atom stereocenters. The van der Waals surface area contributed by atoms with Crippen LogP contribution in [0.25, 0.3) is 0 Å². The molecule has 0 radical (unpaired) electrons. The molecule has 1 amide bonds. The van der Waals surface area contributed by atoms with E-state index in [1.165, 1.54) is 0 Å². The number of amides is 1. The van der Waals surface area contributed by atoms with E-state index < -0.39 is 29.4 Å². The second-order valence-electron chi connectivity index (χ2n) is 8.52. The number of halogens is 2. The van der Waals surface area contributed by atoms with Crippen molar-refractivity contribution in [3.05, 3.63) is 87.4 Å². The van der Waals surface area contributed by atoms with E-state index in [1.54, 1.807) is 30.1 Å². The average molecular weight is 529 g/mol. The van der Waals surface area contributed by atoms with Crippen LogP contribution in [-0.4, -0.2) is 47.9 Å². The SMILES string of the molecule is CNC1(N2C(=O)C(C(=O)C(N)CS)N=C(c3ccccc3)c3cc(Cl)ccc32)CC(Cl)=CC=C1C. The molecule has 182 valence electrons. The van der Waals surface area contributed by atoms with Gasteiger partial charge in [0, 0.05) is 33.4 Å². The van der Waals surface area contributed by atoms with Gasteiger partial charge in [-0.1, -0.05) is 59.6 Å². The van der Waals surface area contributed by atoms with Crippen LogP contribution < -0.4 is 16.0 Å². The summed E-state index contributed by atoms with van der Waals surface area (Å²) >= 11 is 17.1. The maximum absolute atomic E-state index is 14.3. The fourth-order valence-electron chi connectivity index (χ4n) is 4.53. The summed E-state index contributed by atoms with van der Waals surface area (Å²) in [4.78, 5) is 34.1. The Balaban J connectivity index is 2.04. The monoisotopic (exact) mass is 528 g/mol. The van der Waals surface area contributed by atoms with Crippen LogP contribution in [0, 0.1) is 0 Å². The van der Waals surface area contributed by atoms with Crippen molar-refractivity contribution in [1.82, 2.24) is 5.32 Å². The molecule has 2 aliphatic rings. The summed E-state index contributed by atoms with van der Waals surface area (Å²) in [6.07, 6.45) is 3.98. The number of benzodiazepines with no additional fused rings is 1. The molecule has 0 saturated heterocycles. The summed E-state index contributed by atoms with van der Waals surface area (Å²) in [5.74, 6) is -0.926. The number of nitrogens with two attached hydrogens (primary N) is 1. The second-order valence-corrected chi connectivity index (χ2v) is 9.81. The number of ketones is 1. The molecule has 1 aliphatic heterocycles. The predicted molar refractivity (Wildman–Crippen MR) is 146 cm³/mol. The van der Waals surface area contributed by atoms with Gasteiger partial charge in [-0.15, -0.1) is 0 Å². The highest BCUT2D eigenvalue weighted by atomic mass is 35.5. The zero-order valence-corrected chi connectivity index (χ0v) is 21.7. The lowest BCUT2D eigenvalue weighted by molar-refractivity contribution is -0.129. The Morgan fingerprint density at radius 2 is 1.97 bits per heavy atom. The lowest BCUT2D eigenvalue weighted by Crippen LogP contribution is -2.64. The predicted octanol–water partition coefficient (Wildman–Crippen LogP) is 4.11. The minimum Gasteiger partial charge on any atom is -0.321 e. The van der Waals surface area contributed by atoms with E-state index in [-0.39, 0.29) is 5.75 Å². The third-order valence-electron chi connectivity index (χ3n) is 6.43. The van der Waals surface area contributed by atoms with Crippen molar-refractivity contribution in [2.45, 2.75) is 31.1 Å². The number of fused-ring (bicyclic) bond motifs is 1. The van der Waals surface area contributed by atoms with Gasteiger partial charge >= 0.3 is 0 Å². The van der Waals surface area contributed by atoms with Crippen LogP contribution in [0.3, 0.4) is 0 Å². The number of hydrogen-bond acceptors (Lipinski definition) is 6. The molecule has 0 spiro atoms. The van der Waals surface area contributed by atoms with Gasteiger partial charge in [-0.2, -0.15) is 12.6 Å². The molecule has 2 aromatic carbocycles. The highest BCUT2D eigenvalue weighted by Gasteiger charge is 2.48. The van der Waals surface area contributed by atoms with Crippen LogP contribution in [0.4, 0.5) is 5.69 Å². The molecule has 4 rings (SSSR count). The van der Waals surface area contributed by atoms with E-state index >= 15 is 0 Å². The molecule has 2 aromatic rings. The van der Waals surface area contributed by atoms with Crippen LogP contribution in [0.15, 0.2) is 76.3 Å². The molecule has 9 heteroatoms. The van der Waals surface area contributed by atoms with E-state index in [1.807, 2.05) is 49.4 Å². The van der Waals surface area contributed by atoms with Crippen molar-refractivity contribution in [2.24, 2.45) is 10.7 Å². The molecule has 0 aromatic heterocycles. The van der Waals surface area contributed by atoms with Crippen molar-refractivity contribution in [2.75, 3.05) is 17.7 Å². The van der Waals surface area contributed by atoms with Gasteiger partial charge in [0.05, 0.1) is 17.4 Å². The van der Waals surface area contributed by atoms with E-state index in [2.05, 4.69) is 17.9 Å². The van der Waals surface area contributed by atoms with Gasteiger partial charge in [-0.25, -0.2) is 0 Å². The Labute approximate surface area is 220 Å². The van der Waals surface area contributed by atoms with Crippen molar-refractivity contribution in [3.63, 3.8) is 0 Å². The minimum absolute atomic E-state index is 0.0856. The largest absolute Gasteiger partial charge is 0.321 e. The number of thiol groups is 1. The average Bonchev–Trinajstić information content (AvgIpc) is 2.99. The Bertz CT molecular complexity index is 1260. The summed E-state index contributed by atoms with van der Waals surface area (Å²) in [5, 5.41) is 4.35. The Kier molecular flexibility index (Phi) is 7.54. The number of benzene rings is 2. The Morgan fingerprint density at radius 1 is 1.26 bits per heavy atom. The number of hydrogen-bond donors (Lipinski definition) is 3. The Hall–Kier alpha value is -2.42. The number of rotatable bonds is 6. The second kappa shape index (κ2) is 10.3. The normalized spacial score (nSPS) is 23.0. The summed E-state index contributed by atoms with van der Waals surface area (Å²) in [6, 6.07) is 12.3. The summed E-state index contributed by atoms with van der Waals surface area (Å²) in [7, 11) is 1.76. The molecule has 6 nitrogen and oxygen atoms in total. The van der Waals surface area contributed by atoms with E-state index in [4.69, 9.17) is 33.9 Å². The van der Waals surface area contributed by atoms with Crippen molar-refractivity contribution in [1.29, 1.82) is 0 Å². The topological polar surface area (TPSA) is 87.8 Å². The highest BCUT2D eigenvalue weighted by Crippen LogP contribution is 2.41. The van der Waals surface area contributed by atoms with Crippen LogP contribution in [0.2, 0.25) is 5.02 Å². The van der Waals surface area contributed by atoms with E-state index in [0.717, 1.165) is 11.1 Å².